The summed E-state index contributed by atoms with van der Waals surface area (Å²) in [7, 11) is 1.86. The molecule has 0 saturated carbocycles. The number of hydrogen-bond acceptors (Lipinski definition) is 4. The zero-order valence-corrected chi connectivity index (χ0v) is 8.62. The van der Waals surface area contributed by atoms with Crippen LogP contribution in [-0.4, -0.2) is 48.8 Å². The first-order valence-corrected chi connectivity index (χ1v) is 4.55. The Labute approximate surface area is 79.5 Å². The molecule has 0 aliphatic heterocycles. The number of nitrogens with zero attached hydrogens (tertiary/aromatic N) is 1. The predicted molar refractivity (Wildman–Crippen MR) is 50.4 cm³/mol. The number of carbonyl (C=O) groups excluding carboxylic acids is 1. The fraction of sp³-hybridized carbons (Fsp3) is 0.889. The molecule has 0 amide bonds. The van der Waals surface area contributed by atoms with Gasteiger partial charge in [-0.15, -0.1) is 0 Å². The van der Waals surface area contributed by atoms with Crippen molar-refractivity contribution in [3.05, 3.63) is 0 Å². The second-order valence-electron chi connectivity index (χ2n) is 3.32. The molecule has 0 aliphatic rings. The van der Waals surface area contributed by atoms with E-state index in [-0.39, 0.29) is 18.7 Å². The molecule has 0 fully saturated rings. The summed E-state index contributed by atoms with van der Waals surface area (Å²) in [6, 6.07) is 0. The van der Waals surface area contributed by atoms with Crippen LogP contribution in [0.3, 0.4) is 0 Å². The smallest absolute Gasteiger partial charge is 0.307 e. The van der Waals surface area contributed by atoms with Gasteiger partial charge in [-0.25, -0.2) is 0 Å². The van der Waals surface area contributed by atoms with E-state index >= 15 is 0 Å². The van der Waals surface area contributed by atoms with Crippen LogP contribution in [0.15, 0.2) is 0 Å². The van der Waals surface area contributed by atoms with Gasteiger partial charge in [0.1, 0.15) is 0 Å². The standard InChI is InChI=1S/C9H19NO3/c1-8(2)13-9(12)4-5-10(3)6-7-11/h8,11H,4-7H2,1-3H3. The van der Waals surface area contributed by atoms with Crippen molar-refractivity contribution in [2.45, 2.75) is 26.4 Å². The molecular formula is C9H19NO3. The van der Waals surface area contributed by atoms with Gasteiger partial charge in [-0.05, 0) is 20.9 Å². The monoisotopic (exact) mass is 189 g/mol. The number of rotatable bonds is 6. The van der Waals surface area contributed by atoms with Crippen molar-refractivity contribution in [3.8, 4) is 0 Å². The summed E-state index contributed by atoms with van der Waals surface area (Å²) in [6.45, 7) is 5.00. The first-order valence-electron chi connectivity index (χ1n) is 4.55. The van der Waals surface area contributed by atoms with Crippen molar-refractivity contribution in [2.75, 3.05) is 26.7 Å². The maximum absolute atomic E-state index is 11.1. The Hall–Kier alpha value is -0.610. The van der Waals surface area contributed by atoms with Crippen LogP contribution in [0.5, 0.6) is 0 Å². The van der Waals surface area contributed by atoms with Crippen molar-refractivity contribution >= 4 is 5.97 Å². The summed E-state index contributed by atoms with van der Waals surface area (Å²) < 4.78 is 4.95. The molecule has 13 heavy (non-hydrogen) atoms. The van der Waals surface area contributed by atoms with E-state index in [4.69, 9.17) is 9.84 Å². The van der Waals surface area contributed by atoms with Crippen molar-refractivity contribution in [1.29, 1.82) is 0 Å². The van der Waals surface area contributed by atoms with Crippen LogP contribution in [-0.2, 0) is 9.53 Å². The highest BCUT2D eigenvalue weighted by Crippen LogP contribution is 1.94. The van der Waals surface area contributed by atoms with Gasteiger partial charge in [0.25, 0.3) is 0 Å². The number of likely N-dealkylation sites (N-methyl/N-ethyl adjacent to an activating group) is 1. The van der Waals surface area contributed by atoms with E-state index in [1.165, 1.54) is 0 Å². The molecule has 0 aromatic rings. The SMILES string of the molecule is CC(C)OC(=O)CCN(C)CCO. The zero-order chi connectivity index (χ0) is 10.3. The maximum atomic E-state index is 11.1. The molecule has 0 heterocycles. The minimum atomic E-state index is -0.181. The van der Waals surface area contributed by atoms with E-state index in [1.807, 2.05) is 25.8 Å². The molecule has 4 nitrogen and oxygen atoms in total. The van der Waals surface area contributed by atoms with Crippen LogP contribution in [0.1, 0.15) is 20.3 Å². The fourth-order valence-corrected chi connectivity index (χ4v) is 0.886. The third kappa shape index (κ3) is 7.74. The minimum absolute atomic E-state index is 0.0457. The Kier molecular flexibility index (Phi) is 6.54. The van der Waals surface area contributed by atoms with E-state index in [9.17, 15) is 4.79 Å². The van der Waals surface area contributed by atoms with Crippen molar-refractivity contribution < 1.29 is 14.6 Å². The van der Waals surface area contributed by atoms with Gasteiger partial charge in [-0.3, -0.25) is 4.79 Å². The molecule has 0 rings (SSSR count). The highest BCUT2D eigenvalue weighted by atomic mass is 16.5. The molecule has 0 unspecified atom stereocenters. The third-order valence-corrected chi connectivity index (χ3v) is 1.55. The van der Waals surface area contributed by atoms with Gasteiger partial charge in [-0.2, -0.15) is 0 Å². The lowest BCUT2D eigenvalue weighted by molar-refractivity contribution is -0.147. The number of esters is 1. The predicted octanol–water partition coefficient (Wildman–Crippen LogP) is 0.252. The Morgan fingerprint density at radius 1 is 1.46 bits per heavy atom. The summed E-state index contributed by atoms with van der Waals surface area (Å²) >= 11 is 0. The largest absolute Gasteiger partial charge is 0.463 e. The normalized spacial score (nSPS) is 10.9. The zero-order valence-electron chi connectivity index (χ0n) is 8.62. The van der Waals surface area contributed by atoms with Crippen molar-refractivity contribution in [1.82, 2.24) is 4.90 Å². The third-order valence-electron chi connectivity index (χ3n) is 1.55. The minimum Gasteiger partial charge on any atom is -0.463 e. The molecule has 78 valence electrons. The summed E-state index contributed by atoms with van der Waals surface area (Å²) in [6.07, 6.45) is 0.338. The lowest BCUT2D eigenvalue weighted by Crippen LogP contribution is -2.26. The van der Waals surface area contributed by atoms with Crippen LogP contribution >= 0.6 is 0 Å². The molecule has 0 atom stereocenters. The van der Waals surface area contributed by atoms with Gasteiger partial charge in [0.2, 0.25) is 0 Å². The molecule has 1 N–H and O–H groups in total. The van der Waals surface area contributed by atoms with Crippen LogP contribution in [0, 0.1) is 0 Å². The molecule has 0 saturated heterocycles. The first-order chi connectivity index (χ1) is 6.06. The van der Waals surface area contributed by atoms with E-state index in [0.29, 0.717) is 19.5 Å². The molecule has 0 aromatic heterocycles. The van der Waals surface area contributed by atoms with E-state index in [0.717, 1.165) is 0 Å². The number of aliphatic hydroxyl groups is 1. The van der Waals surface area contributed by atoms with E-state index in [2.05, 4.69) is 0 Å². The topological polar surface area (TPSA) is 49.8 Å². The number of ether oxygens (including phenoxy) is 1. The Morgan fingerprint density at radius 2 is 2.08 bits per heavy atom. The average molecular weight is 189 g/mol. The van der Waals surface area contributed by atoms with Crippen LogP contribution < -0.4 is 0 Å². The van der Waals surface area contributed by atoms with Crippen LogP contribution in [0.4, 0.5) is 0 Å². The lowest BCUT2D eigenvalue weighted by Gasteiger charge is -2.14. The second kappa shape index (κ2) is 6.86. The summed E-state index contributed by atoms with van der Waals surface area (Å²) in [5.41, 5.74) is 0. The van der Waals surface area contributed by atoms with Gasteiger partial charge in [-0.1, -0.05) is 0 Å². The van der Waals surface area contributed by atoms with Gasteiger partial charge in [0.05, 0.1) is 19.1 Å². The molecule has 0 bridgehead atoms. The summed E-state index contributed by atoms with van der Waals surface area (Å²) in [5.74, 6) is -0.181. The van der Waals surface area contributed by atoms with Crippen LogP contribution in [0.2, 0.25) is 0 Å². The average Bonchev–Trinajstić information content (AvgIpc) is 2.00. The summed E-state index contributed by atoms with van der Waals surface area (Å²) in [4.78, 5) is 12.9. The Balaban J connectivity index is 3.46. The number of carbonyl (C=O) groups is 1. The second-order valence-corrected chi connectivity index (χ2v) is 3.32. The van der Waals surface area contributed by atoms with Crippen LogP contribution in [0.25, 0.3) is 0 Å². The van der Waals surface area contributed by atoms with Gasteiger partial charge >= 0.3 is 5.97 Å². The molecule has 4 heteroatoms. The van der Waals surface area contributed by atoms with Crippen molar-refractivity contribution in [3.63, 3.8) is 0 Å². The van der Waals surface area contributed by atoms with Gasteiger partial charge in [0.15, 0.2) is 0 Å². The number of aliphatic hydroxyl groups excluding tert-OH is 1. The molecule has 0 radical (unpaired) electrons. The Morgan fingerprint density at radius 3 is 2.54 bits per heavy atom. The highest BCUT2D eigenvalue weighted by Gasteiger charge is 2.06. The van der Waals surface area contributed by atoms with Gasteiger partial charge in [0, 0.05) is 13.1 Å². The maximum Gasteiger partial charge on any atom is 0.307 e. The lowest BCUT2D eigenvalue weighted by atomic mass is 10.4. The molecule has 0 aromatic carbocycles. The van der Waals surface area contributed by atoms with E-state index < -0.39 is 0 Å². The molecule has 0 aliphatic carbocycles. The van der Waals surface area contributed by atoms with Gasteiger partial charge < -0.3 is 14.7 Å². The number of hydrogen-bond donors (Lipinski definition) is 1. The van der Waals surface area contributed by atoms with E-state index in [1.54, 1.807) is 0 Å². The molecule has 0 spiro atoms. The highest BCUT2D eigenvalue weighted by molar-refractivity contribution is 5.69. The van der Waals surface area contributed by atoms with Crippen molar-refractivity contribution in [2.24, 2.45) is 0 Å². The fourth-order valence-electron chi connectivity index (χ4n) is 0.886. The first kappa shape index (κ1) is 12.4. The molecular weight excluding hydrogens is 170 g/mol. The Bertz CT molecular complexity index is 148. The summed E-state index contributed by atoms with van der Waals surface area (Å²) in [5, 5.41) is 8.59. The quantitative estimate of drug-likeness (QED) is 0.609.